The maximum atomic E-state index is 12.4. The van der Waals surface area contributed by atoms with Gasteiger partial charge in [-0.2, -0.15) is 0 Å². The third-order valence-corrected chi connectivity index (χ3v) is 3.75. The third kappa shape index (κ3) is 3.57. The van der Waals surface area contributed by atoms with Crippen LogP contribution in [-0.4, -0.2) is 22.4 Å². The lowest BCUT2D eigenvalue weighted by molar-refractivity contribution is 0.0956. The van der Waals surface area contributed by atoms with Crippen LogP contribution in [0.2, 0.25) is 5.02 Å². The van der Waals surface area contributed by atoms with Crippen LogP contribution in [0.5, 0.6) is 0 Å². The van der Waals surface area contributed by atoms with Crippen molar-refractivity contribution in [1.82, 2.24) is 15.3 Å². The Morgan fingerprint density at radius 3 is 2.91 bits per heavy atom. The smallest absolute Gasteiger partial charge is 0.344 e. The minimum absolute atomic E-state index is 0.143. The topological polar surface area (TPSA) is 74.8 Å². The van der Waals surface area contributed by atoms with Crippen LogP contribution in [0, 0.1) is 0 Å². The number of halogens is 1. The molecule has 23 heavy (non-hydrogen) atoms. The van der Waals surface area contributed by atoms with Crippen LogP contribution in [0.4, 0.5) is 0 Å². The molecule has 2 aromatic carbocycles. The molecule has 2 N–H and O–H groups in total. The van der Waals surface area contributed by atoms with E-state index < -0.39 is 0 Å². The van der Waals surface area contributed by atoms with Crippen LogP contribution in [0.25, 0.3) is 10.8 Å². The number of fused-ring (bicyclic) bond motifs is 1. The SMILES string of the molecule is O=C(NCCc1cnc(=O)[nH]c1)c1cccc2cc(Cl)ccc12. The average Bonchev–Trinajstić information content (AvgIpc) is 2.55. The molecule has 0 fully saturated rings. The van der Waals surface area contributed by atoms with Crippen molar-refractivity contribution in [3.8, 4) is 0 Å². The Morgan fingerprint density at radius 2 is 2.13 bits per heavy atom. The number of hydrogen-bond acceptors (Lipinski definition) is 3. The predicted molar refractivity (Wildman–Crippen MR) is 89.9 cm³/mol. The molecule has 0 aliphatic rings. The second-order valence-corrected chi connectivity index (χ2v) is 5.54. The molecule has 6 heteroatoms. The highest BCUT2D eigenvalue weighted by Gasteiger charge is 2.09. The van der Waals surface area contributed by atoms with Gasteiger partial charge in [-0.15, -0.1) is 0 Å². The first-order valence-electron chi connectivity index (χ1n) is 7.13. The number of rotatable bonds is 4. The van der Waals surface area contributed by atoms with Crippen molar-refractivity contribution in [2.24, 2.45) is 0 Å². The molecule has 1 aromatic heterocycles. The number of H-pyrrole nitrogens is 1. The van der Waals surface area contributed by atoms with Crippen molar-refractivity contribution in [2.75, 3.05) is 6.54 Å². The zero-order valence-electron chi connectivity index (χ0n) is 12.2. The lowest BCUT2D eigenvalue weighted by Crippen LogP contribution is -2.26. The monoisotopic (exact) mass is 327 g/mol. The Morgan fingerprint density at radius 1 is 1.26 bits per heavy atom. The zero-order valence-corrected chi connectivity index (χ0v) is 12.9. The van der Waals surface area contributed by atoms with E-state index in [0.717, 1.165) is 16.3 Å². The van der Waals surface area contributed by atoms with Crippen molar-refractivity contribution < 1.29 is 4.79 Å². The highest BCUT2D eigenvalue weighted by molar-refractivity contribution is 6.31. The van der Waals surface area contributed by atoms with Crippen molar-refractivity contribution in [3.63, 3.8) is 0 Å². The quantitative estimate of drug-likeness (QED) is 0.773. The molecule has 0 aliphatic carbocycles. The summed E-state index contributed by atoms with van der Waals surface area (Å²) in [5, 5.41) is 5.30. The van der Waals surface area contributed by atoms with E-state index in [0.29, 0.717) is 23.6 Å². The molecule has 3 aromatic rings. The highest BCUT2D eigenvalue weighted by atomic mass is 35.5. The predicted octanol–water partition coefficient (Wildman–Crippen LogP) is 2.55. The normalized spacial score (nSPS) is 10.7. The molecule has 0 spiro atoms. The summed E-state index contributed by atoms with van der Waals surface area (Å²) in [6, 6.07) is 11.0. The molecule has 116 valence electrons. The summed E-state index contributed by atoms with van der Waals surface area (Å²) in [6.45, 7) is 0.455. The molecule has 0 saturated carbocycles. The number of benzene rings is 2. The fourth-order valence-electron chi connectivity index (χ4n) is 2.38. The second-order valence-electron chi connectivity index (χ2n) is 5.10. The summed E-state index contributed by atoms with van der Waals surface area (Å²) >= 11 is 5.98. The molecule has 1 amide bonds. The van der Waals surface area contributed by atoms with Gasteiger partial charge in [0, 0.05) is 29.5 Å². The molecule has 0 unspecified atom stereocenters. The minimum Gasteiger partial charge on any atom is -0.352 e. The molecule has 0 saturated heterocycles. The second kappa shape index (κ2) is 6.62. The summed E-state index contributed by atoms with van der Waals surface area (Å²) in [6.07, 6.45) is 3.69. The van der Waals surface area contributed by atoms with Crippen LogP contribution >= 0.6 is 11.6 Å². The fourth-order valence-corrected chi connectivity index (χ4v) is 2.56. The third-order valence-electron chi connectivity index (χ3n) is 3.51. The van der Waals surface area contributed by atoms with Gasteiger partial charge in [0.2, 0.25) is 0 Å². The van der Waals surface area contributed by atoms with E-state index in [1.54, 1.807) is 18.3 Å². The van der Waals surface area contributed by atoms with Gasteiger partial charge in [0.1, 0.15) is 0 Å². The van der Waals surface area contributed by atoms with E-state index in [2.05, 4.69) is 15.3 Å². The molecule has 3 rings (SSSR count). The molecule has 0 bridgehead atoms. The number of hydrogen-bond donors (Lipinski definition) is 2. The van der Waals surface area contributed by atoms with E-state index in [-0.39, 0.29) is 11.6 Å². The maximum absolute atomic E-state index is 12.4. The van der Waals surface area contributed by atoms with Gasteiger partial charge < -0.3 is 10.3 Å². The van der Waals surface area contributed by atoms with Crippen molar-refractivity contribution in [3.05, 3.63) is 75.4 Å². The lowest BCUT2D eigenvalue weighted by atomic mass is 10.0. The summed E-state index contributed by atoms with van der Waals surface area (Å²) in [5.74, 6) is -0.143. The van der Waals surface area contributed by atoms with E-state index in [9.17, 15) is 9.59 Å². The number of aromatic amines is 1. The highest BCUT2D eigenvalue weighted by Crippen LogP contribution is 2.22. The van der Waals surface area contributed by atoms with Crippen LogP contribution in [0.15, 0.2) is 53.6 Å². The molecule has 5 nitrogen and oxygen atoms in total. The van der Waals surface area contributed by atoms with Gasteiger partial charge in [-0.05, 0) is 41.0 Å². The first-order valence-corrected chi connectivity index (χ1v) is 7.51. The van der Waals surface area contributed by atoms with Gasteiger partial charge in [0.05, 0.1) is 0 Å². The van der Waals surface area contributed by atoms with Gasteiger partial charge >= 0.3 is 5.69 Å². The van der Waals surface area contributed by atoms with Crippen LogP contribution in [0.1, 0.15) is 15.9 Å². The molecule has 0 atom stereocenters. The first kappa shape index (κ1) is 15.2. The Hall–Kier alpha value is -2.66. The van der Waals surface area contributed by atoms with Crippen molar-refractivity contribution >= 4 is 28.3 Å². The van der Waals surface area contributed by atoms with Crippen LogP contribution in [0.3, 0.4) is 0 Å². The van der Waals surface area contributed by atoms with E-state index in [4.69, 9.17) is 11.6 Å². The Bertz CT molecular complexity index is 901. The standard InChI is InChI=1S/C17H14ClN3O2/c18-13-4-5-14-12(8-13)2-1-3-15(14)16(22)19-7-6-11-9-20-17(23)21-10-11/h1-5,8-10H,6-7H2,(H,19,22)(H,20,21,23). The number of nitrogens with one attached hydrogen (secondary N) is 2. The number of amides is 1. The molecular formula is C17H14ClN3O2. The van der Waals surface area contributed by atoms with E-state index >= 15 is 0 Å². The summed E-state index contributed by atoms with van der Waals surface area (Å²) in [5.41, 5.74) is 1.08. The number of carbonyl (C=O) groups is 1. The molecule has 0 radical (unpaired) electrons. The Kier molecular flexibility index (Phi) is 4.39. The Labute approximate surface area is 137 Å². The Balaban J connectivity index is 1.71. The number of aromatic nitrogens is 2. The lowest BCUT2D eigenvalue weighted by Gasteiger charge is -2.08. The fraction of sp³-hybridized carbons (Fsp3) is 0.118. The van der Waals surface area contributed by atoms with Gasteiger partial charge in [0.15, 0.2) is 0 Å². The molecule has 1 heterocycles. The van der Waals surface area contributed by atoms with Crippen molar-refractivity contribution in [1.29, 1.82) is 0 Å². The maximum Gasteiger partial charge on any atom is 0.344 e. The van der Waals surface area contributed by atoms with Gasteiger partial charge in [-0.25, -0.2) is 9.78 Å². The van der Waals surface area contributed by atoms with Crippen LogP contribution in [-0.2, 0) is 6.42 Å². The van der Waals surface area contributed by atoms with E-state index in [1.807, 2.05) is 24.3 Å². The van der Waals surface area contributed by atoms with Crippen molar-refractivity contribution in [2.45, 2.75) is 6.42 Å². The van der Waals surface area contributed by atoms with Gasteiger partial charge in [-0.3, -0.25) is 4.79 Å². The largest absolute Gasteiger partial charge is 0.352 e. The average molecular weight is 328 g/mol. The van der Waals surface area contributed by atoms with Gasteiger partial charge in [-0.1, -0.05) is 29.8 Å². The van der Waals surface area contributed by atoms with E-state index in [1.165, 1.54) is 6.20 Å². The molecular weight excluding hydrogens is 314 g/mol. The molecule has 0 aliphatic heterocycles. The zero-order chi connectivity index (χ0) is 16.2. The number of carbonyl (C=O) groups excluding carboxylic acids is 1. The first-order chi connectivity index (χ1) is 11.1. The number of nitrogens with zero attached hydrogens (tertiary/aromatic N) is 1. The summed E-state index contributed by atoms with van der Waals surface area (Å²) in [7, 11) is 0. The summed E-state index contributed by atoms with van der Waals surface area (Å²) < 4.78 is 0. The van der Waals surface area contributed by atoms with Gasteiger partial charge in [0.25, 0.3) is 5.91 Å². The van der Waals surface area contributed by atoms with Crippen LogP contribution < -0.4 is 11.0 Å². The summed E-state index contributed by atoms with van der Waals surface area (Å²) in [4.78, 5) is 29.4. The minimum atomic E-state index is -0.382.